The number of carbonyl (C=O) groups excluding carboxylic acids is 1. The van der Waals surface area contributed by atoms with Crippen LogP contribution in [-0.2, 0) is 0 Å². The summed E-state index contributed by atoms with van der Waals surface area (Å²) in [4.78, 5) is 25.4. The average molecular weight is 322 g/mol. The fourth-order valence-electron chi connectivity index (χ4n) is 2.33. The van der Waals surface area contributed by atoms with Gasteiger partial charge in [0.2, 0.25) is 0 Å². The first kappa shape index (κ1) is 15.8. The maximum atomic E-state index is 12.4. The second kappa shape index (κ2) is 6.19. The lowest BCUT2D eigenvalue weighted by molar-refractivity contribution is 0.102. The lowest BCUT2D eigenvalue weighted by Gasteiger charge is -2.09. The molecule has 0 aliphatic carbocycles. The SMILES string of the molecule is Cc1ccc(C(=O)Nc2cc(C)nn2-c2nc(C)cc(C)n2)cn1. The van der Waals surface area contributed by atoms with Crippen molar-refractivity contribution >= 4 is 11.7 Å². The minimum Gasteiger partial charge on any atom is -0.306 e. The van der Waals surface area contributed by atoms with Crippen molar-refractivity contribution in [2.75, 3.05) is 5.32 Å². The number of pyridine rings is 1. The van der Waals surface area contributed by atoms with E-state index in [0.717, 1.165) is 22.8 Å². The molecular formula is C17H18N6O. The second-order valence-electron chi connectivity index (χ2n) is 5.68. The first-order chi connectivity index (χ1) is 11.4. The largest absolute Gasteiger partial charge is 0.306 e. The molecule has 0 aromatic carbocycles. The van der Waals surface area contributed by atoms with Gasteiger partial charge in [-0.25, -0.2) is 9.97 Å². The highest BCUT2D eigenvalue weighted by Gasteiger charge is 2.14. The van der Waals surface area contributed by atoms with E-state index in [-0.39, 0.29) is 5.91 Å². The Bertz CT molecular complexity index is 878. The van der Waals surface area contributed by atoms with Gasteiger partial charge in [0.15, 0.2) is 0 Å². The zero-order chi connectivity index (χ0) is 17.3. The molecule has 3 aromatic heterocycles. The molecule has 0 aliphatic heterocycles. The van der Waals surface area contributed by atoms with Gasteiger partial charge in [-0.05, 0) is 45.9 Å². The number of aromatic nitrogens is 5. The number of hydrogen-bond acceptors (Lipinski definition) is 5. The van der Waals surface area contributed by atoms with Crippen LogP contribution in [0.1, 0.15) is 33.1 Å². The summed E-state index contributed by atoms with van der Waals surface area (Å²) in [6, 6.07) is 7.19. The van der Waals surface area contributed by atoms with Crippen molar-refractivity contribution in [2.45, 2.75) is 27.7 Å². The Morgan fingerprint density at radius 2 is 1.67 bits per heavy atom. The molecular weight excluding hydrogens is 304 g/mol. The number of carbonyl (C=O) groups is 1. The Kier molecular flexibility index (Phi) is 4.07. The fraction of sp³-hybridized carbons (Fsp3) is 0.235. The molecule has 122 valence electrons. The van der Waals surface area contributed by atoms with Gasteiger partial charge < -0.3 is 5.32 Å². The Morgan fingerprint density at radius 1 is 0.958 bits per heavy atom. The van der Waals surface area contributed by atoms with E-state index in [2.05, 4.69) is 25.4 Å². The first-order valence-corrected chi connectivity index (χ1v) is 7.56. The molecule has 0 atom stereocenters. The molecule has 3 rings (SSSR count). The molecule has 24 heavy (non-hydrogen) atoms. The molecule has 3 heterocycles. The van der Waals surface area contributed by atoms with Crippen molar-refractivity contribution in [2.24, 2.45) is 0 Å². The van der Waals surface area contributed by atoms with Crippen LogP contribution in [0.25, 0.3) is 5.95 Å². The quantitative estimate of drug-likeness (QED) is 0.801. The average Bonchev–Trinajstić information content (AvgIpc) is 2.87. The lowest BCUT2D eigenvalue weighted by atomic mass is 10.2. The number of nitrogens with one attached hydrogen (secondary N) is 1. The van der Waals surface area contributed by atoms with Crippen LogP contribution in [0.2, 0.25) is 0 Å². The van der Waals surface area contributed by atoms with Crippen LogP contribution in [0.3, 0.4) is 0 Å². The highest BCUT2D eigenvalue weighted by molar-refractivity contribution is 6.03. The number of anilines is 1. The molecule has 0 unspecified atom stereocenters. The van der Waals surface area contributed by atoms with Gasteiger partial charge in [-0.3, -0.25) is 9.78 Å². The Labute approximate surface area is 139 Å². The van der Waals surface area contributed by atoms with Gasteiger partial charge in [0.1, 0.15) is 5.82 Å². The molecule has 1 amide bonds. The third kappa shape index (κ3) is 3.29. The Balaban J connectivity index is 1.94. The van der Waals surface area contributed by atoms with Crippen LogP contribution in [0.15, 0.2) is 30.5 Å². The molecule has 0 radical (unpaired) electrons. The van der Waals surface area contributed by atoms with E-state index in [9.17, 15) is 4.79 Å². The molecule has 0 fully saturated rings. The van der Waals surface area contributed by atoms with Gasteiger partial charge in [-0.2, -0.15) is 9.78 Å². The van der Waals surface area contributed by atoms with Crippen LogP contribution in [-0.4, -0.2) is 30.6 Å². The molecule has 7 nitrogen and oxygen atoms in total. The third-order valence-electron chi connectivity index (χ3n) is 3.41. The van der Waals surface area contributed by atoms with Crippen molar-refractivity contribution in [3.63, 3.8) is 0 Å². The molecule has 0 saturated carbocycles. The van der Waals surface area contributed by atoms with Gasteiger partial charge >= 0.3 is 0 Å². The first-order valence-electron chi connectivity index (χ1n) is 7.56. The molecule has 3 aromatic rings. The third-order valence-corrected chi connectivity index (χ3v) is 3.41. The molecule has 0 aliphatic rings. The summed E-state index contributed by atoms with van der Waals surface area (Å²) in [5.41, 5.74) is 3.77. The lowest BCUT2D eigenvalue weighted by Crippen LogP contribution is -2.16. The minimum absolute atomic E-state index is 0.256. The normalized spacial score (nSPS) is 10.7. The van der Waals surface area contributed by atoms with Crippen LogP contribution in [0.4, 0.5) is 5.82 Å². The smallest absolute Gasteiger partial charge is 0.258 e. The van der Waals surface area contributed by atoms with Gasteiger partial charge in [0, 0.05) is 29.3 Å². The summed E-state index contributed by atoms with van der Waals surface area (Å²) >= 11 is 0. The predicted molar refractivity (Wildman–Crippen MR) is 90.3 cm³/mol. The van der Waals surface area contributed by atoms with Gasteiger partial charge in [-0.1, -0.05) is 0 Å². The summed E-state index contributed by atoms with van der Waals surface area (Å²) in [5, 5.41) is 7.23. The van der Waals surface area contributed by atoms with E-state index < -0.39 is 0 Å². The van der Waals surface area contributed by atoms with E-state index in [4.69, 9.17) is 0 Å². The van der Waals surface area contributed by atoms with E-state index in [1.54, 1.807) is 24.4 Å². The summed E-state index contributed by atoms with van der Waals surface area (Å²) in [6.45, 7) is 7.51. The van der Waals surface area contributed by atoms with Gasteiger partial charge in [-0.15, -0.1) is 0 Å². The molecule has 0 spiro atoms. The van der Waals surface area contributed by atoms with Crippen LogP contribution in [0.5, 0.6) is 0 Å². The highest BCUT2D eigenvalue weighted by Crippen LogP contribution is 2.16. The predicted octanol–water partition coefficient (Wildman–Crippen LogP) is 2.54. The molecule has 1 N–H and O–H groups in total. The standard InChI is InChI=1S/C17H18N6O/c1-10-5-6-14(9-18-10)16(24)21-15-8-13(4)22-23(15)17-19-11(2)7-12(3)20-17/h5-9H,1-4H3,(H,21,24). The molecule has 0 bridgehead atoms. The maximum Gasteiger partial charge on any atom is 0.258 e. The van der Waals surface area contributed by atoms with Crippen molar-refractivity contribution in [3.8, 4) is 5.95 Å². The number of hydrogen-bond donors (Lipinski definition) is 1. The topological polar surface area (TPSA) is 85.6 Å². The van der Waals surface area contributed by atoms with Crippen molar-refractivity contribution in [1.29, 1.82) is 0 Å². The summed E-state index contributed by atoms with van der Waals surface area (Å²) in [6.07, 6.45) is 1.55. The van der Waals surface area contributed by atoms with Crippen LogP contribution < -0.4 is 5.32 Å². The Morgan fingerprint density at radius 3 is 2.29 bits per heavy atom. The van der Waals surface area contributed by atoms with Crippen molar-refractivity contribution in [3.05, 3.63) is 58.8 Å². The fourth-order valence-corrected chi connectivity index (χ4v) is 2.33. The zero-order valence-corrected chi connectivity index (χ0v) is 14.0. The highest BCUT2D eigenvalue weighted by atomic mass is 16.1. The number of aryl methyl sites for hydroxylation is 4. The van der Waals surface area contributed by atoms with Crippen LogP contribution >= 0.6 is 0 Å². The summed E-state index contributed by atoms with van der Waals surface area (Å²) in [5.74, 6) is 0.689. The molecule has 0 saturated heterocycles. The number of nitrogens with zero attached hydrogens (tertiary/aromatic N) is 5. The minimum atomic E-state index is -0.256. The van der Waals surface area contributed by atoms with Gasteiger partial charge in [0.05, 0.1) is 11.3 Å². The monoisotopic (exact) mass is 322 g/mol. The zero-order valence-electron chi connectivity index (χ0n) is 14.0. The number of rotatable bonds is 3. The van der Waals surface area contributed by atoms with Gasteiger partial charge in [0.25, 0.3) is 11.9 Å². The van der Waals surface area contributed by atoms with E-state index in [0.29, 0.717) is 17.3 Å². The van der Waals surface area contributed by atoms with E-state index in [1.807, 2.05) is 33.8 Å². The summed E-state index contributed by atoms with van der Waals surface area (Å²) in [7, 11) is 0. The van der Waals surface area contributed by atoms with Crippen LogP contribution in [0, 0.1) is 27.7 Å². The van der Waals surface area contributed by atoms with E-state index in [1.165, 1.54) is 4.68 Å². The van der Waals surface area contributed by atoms with E-state index >= 15 is 0 Å². The Hall–Kier alpha value is -3.09. The number of amides is 1. The second-order valence-corrected chi connectivity index (χ2v) is 5.68. The molecule has 7 heteroatoms. The van der Waals surface area contributed by atoms with Crippen molar-refractivity contribution < 1.29 is 4.79 Å². The van der Waals surface area contributed by atoms with Crippen molar-refractivity contribution in [1.82, 2.24) is 24.7 Å². The summed E-state index contributed by atoms with van der Waals surface area (Å²) < 4.78 is 1.54. The maximum absolute atomic E-state index is 12.4.